The lowest BCUT2D eigenvalue weighted by atomic mass is 9.80. The van der Waals surface area contributed by atoms with Crippen molar-refractivity contribution in [2.24, 2.45) is 11.3 Å². The van der Waals surface area contributed by atoms with Gasteiger partial charge in [0.2, 0.25) is 5.91 Å². The molecule has 0 aliphatic rings. The zero-order valence-electron chi connectivity index (χ0n) is 11.6. The molecule has 0 saturated heterocycles. The SMILES string of the molecule is CCC(C)(CO)NC(=O)CC(C)C(C)(C)C. The van der Waals surface area contributed by atoms with Crippen LogP contribution in [0.15, 0.2) is 0 Å². The average Bonchev–Trinajstić information content (AvgIpc) is 2.15. The lowest BCUT2D eigenvalue weighted by Crippen LogP contribution is -2.49. The van der Waals surface area contributed by atoms with Crippen LogP contribution in [0.1, 0.15) is 54.4 Å². The summed E-state index contributed by atoms with van der Waals surface area (Å²) in [6, 6.07) is 0. The van der Waals surface area contributed by atoms with Crippen molar-refractivity contribution in [2.45, 2.75) is 59.9 Å². The monoisotopic (exact) mass is 229 g/mol. The number of aliphatic hydroxyl groups excluding tert-OH is 1. The van der Waals surface area contributed by atoms with Crippen LogP contribution in [-0.2, 0) is 4.79 Å². The summed E-state index contributed by atoms with van der Waals surface area (Å²) < 4.78 is 0. The fourth-order valence-electron chi connectivity index (χ4n) is 1.21. The maximum absolute atomic E-state index is 11.8. The smallest absolute Gasteiger partial charge is 0.220 e. The van der Waals surface area contributed by atoms with Crippen molar-refractivity contribution in [1.29, 1.82) is 0 Å². The van der Waals surface area contributed by atoms with Crippen molar-refractivity contribution in [3.05, 3.63) is 0 Å². The molecular formula is C13H27NO2. The van der Waals surface area contributed by atoms with E-state index in [0.29, 0.717) is 12.3 Å². The van der Waals surface area contributed by atoms with Crippen molar-refractivity contribution in [2.75, 3.05) is 6.61 Å². The molecule has 3 heteroatoms. The Morgan fingerprint density at radius 2 is 1.81 bits per heavy atom. The number of aliphatic hydroxyl groups is 1. The van der Waals surface area contributed by atoms with E-state index in [1.54, 1.807) is 0 Å². The standard InChI is InChI=1S/C13H27NO2/c1-7-13(6,9-15)14-11(16)8-10(2)12(3,4)5/h10,15H,7-9H2,1-6H3,(H,14,16). The summed E-state index contributed by atoms with van der Waals surface area (Å²) in [6.45, 7) is 12.3. The third kappa shape index (κ3) is 4.97. The molecule has 2 unspecified atom stereocenters. The number of rotatable bonds is 5. The van der Waals surface area contributed by atoms with E-state index in [1.165, 1.54) is 0 Å². The normalized spacial score (nSPS) is 17.7. The Morgan fingerprint density at radius 3 is 2.12 bits per heavy atom. The second-order valence-electron chi connectivity index (χ2n) is 6.09. The van der Waals surface area contributed by atoms with Crippen molar-refractivity contribution >= 4 is 5.91 Å². The van der Waals surface area contributed by atoms with Crippen molar-refractivity contribution < 1.29 is 9.90 Å². The fraction of sp³-hybridized carbons (Fsp3) is 0.923. The summed E-state index contributed by atoms with van der Waals surface area (Å²) in [7, 11) is 0. The molecule has 0 bridgehead atoms. The second kappa shape index (κ2) is 5.67. The molecule has 16 heavy (non-hydrogen) atoms. The van der Waals surface area contributed by atoms with E-state index < -0.39 is 5.54 Å². The van der Waals surface area contributed by atoms with Crippen LogP contribution in [-0.4, -0.2) is 23.2 Å². The van der Waals surface area contributed by atoms with Crippen LogP contribution in [0, 0.1) is 11.3 Å². The van der Waals surface area contributed by atoms with E-state index in [9.17, 15) is 9.90 Å². The van der Waals surface area contributed by atoms with Gasteiger partial charge in [-0.05, 0) is 24.7 Å². The topological polar surface area (TPSA) is 49.3 Å². The highest BCUT2D eigenvalue weighted by molar-refractivity contribution is 5.77. The van der Waals surface area contributed by atoms with Gasteiger partial charge >= 0.3 is 0 Å². The van der Waals surface area contributed by atoms with Gasteiger partial charge in [0.1, 0.15) is 0 Å². The predicted octanol–water partition coefficient (Wildman–Crippen LogP) is 2.34. The van der Waals surface area contributed by atoms with Crippen molar-refractivity contribution in [3.8, 4) is 0 Å². The molecule has 0 radical (unpaired) electrons. The number of carbonyl (C=O) groups is 1. The first-order chi connectivity index (χ1) is 7.14. The van der Waals surface area contributed by atoms with E-state index in [1.807, 2.05) is 13.8 Å². The van der Waals surface area contributed by atoms with Gasteiger partial charge in [0.05, 0.1) is 12.1 Å². The molecule has 3 nitrogen and oxygen atoms in total. The lowest BCUT2D eigenvalue weighted by Gasteiger charge is -2.31. The maximum Gasteiger partial charge on any atom is 0.220 e. The summed E-state index contributed by atoms with van der Waals surface area (Å²) in [5, 5.41) is 12.1. The van der Waals surface area contributed by atoms with Crippen LogP contribution in [0.2, 0.25) is 0 Å². The van der Waals surface area contributed by atoms with Crippen molar-refractivity contribution in [1.82, 2.24) is 5.32 Å². The molecule has 0 aliphatic heterocycles. The fourth-order valence-corrected chi connectivity index (χ4v) is 1.21. The molecule has 2 atom stereocenters. The van der Waals surface area contributed by atoms with Gasteiger partial charge in [-0.1, -0.05) is 34.6 Å². The Labute approximate surface area is 99.6 Å². The number of nitrogens with one attached hydrogen (secondary N) is 1. The molecule has 2 N–H and O–H groups in total. The van der Waals surface area contributed by atoms with E-state index in [4.69, 9.17) is 0 Å². The molecule has 96 valence electrons. The van der Waals surface area contributed by atoms with Gasteiger partial charge in [-0.25, -0.2) is 0 Å². The molecule has 0 saturated carbocycles. The first-order valence-corrected chi connectivity index (χ1v) is 6.06. The van der Waals surface area contributed by atoms with Crippen LogP contribution < -0.4 is 5.32 Å². The summed E-state index contributed by atoms with van der Waals surface area (Å²) in [6.07, 6.45) is 1.25. The minimum absolute atomic E-state index is 0.0147. The van der Waals surface area contributed by atoms with Gasteiger partial charge in [0.15, 0.2) is 0 Å². The van der Waals surface area contributed by atoms with Crippen LogP contribution in [0.5, 0.6) is 0 Å². The molecule has 0 spiro atoms. The maximum atomic E-state index is 11.8. The molecule has 0 fully saturated rings. The van der Waals surface area contributed by atoms with Crippen LogP contribution in [0.4, 0.5) is 0 Å². The largest absolute Gasteiger partial charge is 0.394 e. The quantitative estimate of drug-likeness (QED) is 0.760. The molecule has 1 amide bonds. The molecule has 0 heterocycles. The molecule has 0 rings (SSSR count). The van der Waals surface area contributed by atoms with E-state index >= 15 is 0 Å². The van der Waals surface area contributed by atoms with Gasteiger partial charge in [-0.3, -0.25) is 4.79 Å². The van der Waals surface area contributed by atoms with Crippen LogP contribution in [0.3, 0.4) is 0 Å². The summed E-state index contributed by atoms with van der Waals surface area (Å²) in [5.74, 6) is 0.355. The Morgan fingerprint density at radius 1 is 1.31 bits per heavy atom. The Balaban J connectivity index is 4.29. The van der Waals surface area contributed by atoms with Gasteiger partial charge < -0.3 is 10.4 Å². The Hall–Kier alpha value is -0.570. The number of hydrogen-bond acceptors (Lipinski definition) is 2. The van der Waals surface area contributed by atoms with E-state index in [0.717, 1.165) is 6.42 Å². The third-order valence-corrected chi connectivity index (χ3v) is 3.54. The van der Waals surface area contributed by atoms with Gasteiger partial charge in [-0.15, -0.1) is 0 Å². The lowest BCUT2D eigenvalue weighted by molar-refractivity contribution is -0.125. The molecule has 0 aliphatic carbocycles. The van der Waals surface area contributed by atoms with E-state index in [-0.39, 0.29) is 17.9 Å². The van der Waals surface area contributed by atoms with Crippen molar-refractivity contribution in [3.63, 3.8) is 0 Å². The highest BCUT2D eigenvalue weighted by Gasteiger charge is 2.27. The minimum atomic E-state index is -0.477. The molecule has 0 aromatic rings. The summed E-state index contributed by atoms with van der Waals surface area (Å²) in [5.41, 5.74) is -0.339. The summed E-state index contributed by atoms with van der Waals surface area (Å²) >= 11 is 0. The minimum Gasteiger partial charge on any atom is -0.394 e. The van der Waals surface area contributed by atoms with E-state index in [2.05, 4.69) is 33.0 Å². The zero-order chi connectivity index (χ0) is 13.0. The zero-order valence-corrected chi connectivity index (χ0v) is 11.6. The van der Waals surface area contributed by atoms with Crippen LogP contribution in [0.25, 0.3) is 0 Å². The number of amides is 1. The highest BCUT2D eigenvalue weighted by Crippen LogP contribution is 2.28. The second-order valence-corrected chi connectivity index (χ2v) is 6.09. The average molecular weight is 229 g/mol. The van der Waals surface area contributed by atoms with Gasteiger partial charge in [-0.2, -0.15) is 0 Å². The molecule has 0 aromatic carbocycles. The molecular weight excluding hydrogens is 202 g/mol. The Kier molecular flexibility index (Phi) is 5.47. The highest BCUT2D eigenvalue weighted by atomic mass is 16.3. The van der Waals surface area contributed by atoms with Crippen LogP contribution >= 0.6 is 0 Å². The first kappa shape index (κ1) is 15.4. The first-order valence-electron chi connectivity index (χ1n) is 6.06. The van der Waals surface area contributed by atoms with Gasteiger partial charge in [0.25, 0.3) is 0 Å². The van der Waals surface area contributed by atoms with Gasteiger partial charge in [0, 0.05) is 6.42 Å². The summed E-state index contributed by atoms with van der Waals surface area (Å²) in [4.78, 5) is 11.8. The molecule has 0 aromatic heterocycles. The third-order valence-electron chi connectivity index (χ3n) is 3.54. The number of hydrogen-bond donors (Lipinski definition) is 2. The number of carbonyl (C=O) groups excluding carboxylic acids is 1. The predicted molar refractivity (Wildman–Crippen MR) is 67.2 cm³/mol. The Bertz CT molecular complexity index is 227.